The summed E-state index contributed by atoms with van der Waals surface area (Å²) in [5, 5.41) is 12.9. The van der Waals surface area contributed by atoms with Gasteiger partial charge in [0.1, 0.15) is 11.6 Å². The standard InChI is InChI=1S/C18H15FN2O3/c1-11-15(17(23)20-12-7-3-2-4-8-12)21-18(24-11)16(22)13-9-5-6-10-14(13)19/h2-10,16,22H,1H3,(H,20,23). The largest absolute Gasteiger partial charge is 0.442 e. The molecule has 5 nitrogen and oxygen atoms in total. The number of oxazole rings is 1. The van der Waals surface area contributed by atoms with Gasteiger partial charge in [0.2, 0.25) is 5.89 Å². The van der Waals surface area contributed by atoms with Gasteiger partial charge in [0.05, 0.1) is 0 Å². The molecule has 2 N–H and O–H groups in total. The molecule has 24 heavy (non-hydrogen) atoms. The van der Waals surface area contributed by atoms with E-state index in [2.05, 4.69) is 10.3 Å². The Balaban J connectivity index is 1.85. The van der Waals surface area contributed by atoms with Crippen LogP contribution in [-0.2, 0) is 0 Å². The van der Waals surface area contributed by atoms with Gasteiger partial charge < -0.3 is 14.8 Å². The average Bonchev–Trinajstić information content (AvgIpc) is 2.97. The molecule has 0 saturated carbocycles. The number of amides is 1. The fraction of sp³-hybridized carbons (Fsp3) is 0.111. The first-order valence-electron chi connectivity index (χ1n) is 7.32. The molecule has 6 heteroatoms. The predicted molar refractivity (Wildman–Crippen MR) is 86.1 cm³/mol. The van der Waals surface area contributed by atoms with E-state index in [9.17, 15) is 14.3 Å². The van der Waals surface area contributed by atoms with Crippen molar-refractivity contribution in [2.24, 2.45) is 0 Å². The van der Waals surface area contributed by atoms with E-state index >= 15 is 0 Å². The van der Waals surface area contributed by atoms with E-state index in [0.717, 1.165) is 0 Å². The molecular weight excluding hydrogens is 311 g/mol. The van der Waals surface area contributed by atoms with E-state index in [0.29, 0.717) is 5.69 Å². The molecule has 1 unspecified atom stereocenters. The third kappa shape index (κ3) is 3.18. The number of nitrogens with zero attached hydrogens (tertiary/aromatic N) is 1. The lowest BCUT2D eigenvalue weighted by molar-refractivity contribution is 0.102. The molecule has 1 amide bonds. The molecule has 122 valence electrons. The van der Waals surface area contributed by atoms with Crippen molar-refractivity contribution < 1.29 is 18.7 Å². The molecule has 0 radical (unpaired) electrons. The van der Waals surface area contributed by atoms with Crippen molar-refractivity contribution in [3.63, 3.8) is 0 Å². The minimum atomic E-state index is -1.39. The number of hydrogen-bond acceptors (Lipinski definition) is 4. The molecule has 3 rings (SSSR count). The van der Waals surface area contributed by atoms with Crippen LogP contribution in [-0.4, -0.2) is 16.0 Å². The van der Waals surface area contributed by atoms with Gasteiger partial charge in [-0.15, -0.1) is 0 Å². The van der Waals surface area contributed by atoms with Crippen LogP contribution in [0.2, 0.25) is 0 Å². The molecule has 2 aromatic carbocycles. The molecule has 0 aliphatic heterocycles. The van der Waals surface area contributed by atoms with E-state index in [1.165, 1.54) is 18.2 Å². The molecule has 0 aliphatic rings. The quantitative estimate of drug-likeness (QED) is 0.770. The van der Waals surface area contributed by atoms with Crippen molar-refractivity contribution in [3.8, 4) is 0 Å². The Kier molecular flexibility index (Phi) is 4.39. The van der Waals surface area contributed by atoms with Crippen molar-refractivity contribution in [2.75, 3.05) is 5.32 Å². The molecule has 0 fully saturated rings. The Morgan fingerprint density at radius 1 is 1.17 bits per heavy atom. The van der Waals surface area contributed by atoms with Gasteiger partial charge in [0.25, 0.3) is 5.91 Å². The Bertz CT molecular complexity index is 862. The average molecular weight is 326 g/mol. The number of carbonyl (C=O) groups excluding carboxylic acids is 1. The number of aliphatic hydroxyl groups excluding tert-OH is 1. The Morgan fingerprint density at radius 2 is 1.83 bits per heavy atom. The number of para-hydroxylation sites is 1. The number of aromatic nitrogens is 1. The second kappa shape index (κ2) is 6.64. The lowest BCUT2D eigenvalue weighted by atomic mass is 10.1. The van der Waals surface area contributed by atoms with Crippen molar-refractivity contribution in [2.45, 2.75) is 13.0 Å². The lowest BCUT2D eigenvalue weighted by Gasteiger charge is -2.07. The monoisotopic (exact) mass is 326 g/mol. The molecule has 1 aromatic heterocycles. The molecule has 0 saturated heterocycles. The minimum Gasteiger partial charge on any atom is -0.442 e. The van der Waals surface area contributed by atoms with Crippen LogP contribution in [0.15, 0.2) is 59.0 Å². The topological polar surface area (TPSA) is 75.4 Å². The minimum absolute atomic E-state index is 0.0359. The zero-order valence-corrected chi connectivity index (χ0v) is 12.9. The number of aryl methyl sites for hydroxylation is 1. The van der Waals surface area contributed by atoms with Crippen LogP contribution in [0.5, 0.6) is 0 Å². The van der Waals surface area contributed by atoms with Crippen LogP contribution in [0.25, 0.3) is 0 Å². The molecular formula is C18H15FN2O3. The lowest BCUT2D eigenvalue weighted by Crippen LogP contribution is -2.14. The van der Waals surface area contributed by atoms with E-state index in [1.807, 2.05) is 6.07 Å². The van der Waals surface area contributed by atoms with Gasteiger partial charge in [-0.25, -0.2) is 9.37 Å². The summed E-state index contributed by atoms with van der Waals surface area (Å²) in [5.74, 6) is -0.921. The van der Waals surface area contributed by atoms with Gasteiger partial charge >= 0.3 is 0 Å². The summed E-state index contributed by atoms with van der Waals surface area (Å²) in [7, 11) is 0. The van der Waals surface area contributed by atoms with Gasteiger partial charge in [-0.05, 0) is 25.1 Å². The first-order valence-corrected chi connectivity index (χ1v) is 7.32. The highest BCUT2D eigenvalue weighted by Crippen LogP contribution is 2.25. The summed E-state index contributed by atoms with van der Waals surface area (Å²) in [4.78, 5) is 16.3. The third-order valence-electron chi connectivity index (χ3n) is 3.49. The molecule has 0 aliphatic carbocycles. The summed E-state index contributed by atoms with van der Waals surface area (Å²) < 4.78 is 19.1. The number of carbonyl (C=O) groups is 1. The van der Waals surface area contributed by atoms with Gasteiger partial charge in [0, 0.05) is 11.3 Å². The summed E-state index contributed by atoms with van der Waals surface area (Å²) in [6.07, 6.45) is -1.39. The molecule has 0 spiro atoms. The van der Waals surface area contributed by atoms with Gasteiger partial charge in [-0.3, -0.25) is 4.79 Å². The highest BCUT2D eigenvalue weighted by molar-refractivity contribution is 6.03. The first-order chi connectivity index (χ1) is 11.6. The number of benzene rings is 2. The van der Waals surface area contributed by atoms with Gasteiger partial charge in [-0.1, -0.05) is 36.4 Å². The fourth-order valence-corrected chi connectivity index (χ4v) is 2.29. The van der Waals surface area contributed by atoms with E-state index < -0.39 is 17.8 Å². The number of anilines is 1. The molecule has 1 atom stereocenters. The Morgan fingerprint density at radius 3 is 2.54 bits per heavy atom. The van der Waals surface area contributed by atoms with E-state index in [-0.39, 0.29) is 22.9 Å². The highest BCUT2D eigenvalue weighted by atomic mass is 19.1. The van der Waals surface area contributed by atoms with E-state index in [4.69, 9.17) is 4.42 Å². The Labute approximate surface area is 137 Å². The summed E-state index contributed by atoms with van der Waals surface area (Å²) in [5.41, 5.74) is 0.694. The van der Waals surface area contributed by atoms with Crippen molar-refractivity contribution in [1.29, 1.82) is 0 Å². The smallest absolute Gasteiger partial charge is 0.277 e. The Hall–Kier alpha value is -2.99. The van der Waals surface area contributed by atoms with Crippen LogP contribution < -0.4 is 5.32 Å². The molecule has 3 aromatic rings. The molecule has 0 bridgehead atoms. The van der Waals surface area contributed by atoms with E-state index in [1.54, 1.807) is 37.3 Å². The zero-order chi connectivity index (χ0) is 17.1. The number of rotatable bonds is 4. The predicted octanol–water partition coefficient (Wildman–Crippen LogP) is 3.46. The maximum Gasteiger partial charge on any atom is 0.277 e. The van der Waals surface area contributed by atoms with Crippen LogP contribution in [0.3, 0.4) is 0 Å². The highest BCUT2D eigenvalue weighted by Gasteiger charge is 2.24. The summed E-state index contributed by atoms with van der Waals surface area (Å²) in [6, 6.07) is 14.7. The second-order valence-electron chi connectivity index (χ2n) is 5.20. The fourth-order valence-electron chi connectivity index (χ4n) is 2.29. The first kappa shape index (κ1) is 15.9. The SMILES string of the molecule is Cc1oc(C(O)c2ccccc2F)nc1C(=O)Nc1ccccc1. The maximum absolute atomic E-state index is 13.8. The second-order valence-corrected chi connectivity index (χ2v) is 5.20. The van der Waals surface area contributed by atoms with Crippen molar-refractivity contribution in [1.82, 2.24) is 4.98 Å². The normalized spacial score (nSPS) is 12.0. The number of nitrogens with one attached hydrogen (secondary N) is 1. The summed E-state index contributed by atoms with van der Waals surface area (Å²) in [6.45, 7) is 1.56. The number of halogens is 1. The molecule has 1 heterocycles. The van der Waals surface area contributed by atoms with Gasteiger partial charge in [-0.2, -0.15) is 0 Å². The van der Waals surface area contributed by atoms with Gasteiger partial charge in [0.15, 0.2) is 11.8 Å². The number of hydrogen-bond donors (Lipinski definition) is 2. The van der Waals surface area contributed by atoms with Crippen LogP contribution in [0.4, 0.5) is 10.1 Å². The maximum atomic E-state index is 13.8. The van der Waals surface area contributed by atoms with Crippen LogP contribution in [0.1, 0.15) is 33.8 Å². The van der Waals surface area contributed by atoms with Crippen molar-refractivity contribution >= 4 is 11.6 Å². The van der Waals surface area contributed by atoms with Crippen molar-refractivity contribution in [3.05, 3.63) is 83.3 Å². The number of aliphatic hydroxyl groups is 1. The summed E-state index contributed by atoms with van der Waals surface area (Å²) >= 11 is 0. The third-order valence-corrected chi connectivity index (χ3v) is 3.49. The zero-order valence-electron chi connectivity index (χ0n) is 12.9. The van der Waals surface area contributed by atoms with Crippen LogP contribution in [0, 0.1) is 12.7 Å². The van der Waals surface area contributed by atoms with Crippen LogP contribution >= 0.6 is 0 Å².